The van der Waals surface area contributed by atoms with Crippen molar-refractivity contribution in [2.45, 2.75) is 20.3 Å². The molecule has 0 spiro atoms. The number of fused-ring (bicyclic) bond motifs is 1. The van der Waals surface area contributed by atoms with Crippen molar-refractivity contribution < 1.29 is 4.79 Å². The lowest BCUT2D eigenvalue weighted by atomic mass is 10.1. The van der Waals surface area contributed by atoms with Crippen molar-refractivity contribution in [1.82, 2.24) is 15.2 Å². The van der Waals surface area contributed by atoms with E-state index < -0.39 is 0 Å². The molecule has 0 saturated carbocycles. The average molecular weight is 273 g/mol. The molecular weight excluding hydrogens is 250 g/mol. The maximum absolute atomic E-state index is 12.2. The quantitative estimate of drug-likeness (QED) is 0.814. The van der Waals surface area contributed by atoms with Gasteiger partial charge in [0.25, 0.3) is 5.91 Å². The van der Waals surface area contributed by atoms with E-state index in [0.29, 0.717) is 6.54 Å². The van der Waals surface area contributed by atoms with Crippen molar-refractivity contribution in [1.29, 1.82) is 0 Å². The lowest BCUT2D eigenvalue weighted by molar-refractivity contribution is 0.0950. The van der Waals surface area contributed by atoms with Crippen LogP contribution in [0.2, 0.25) is 0 Å². The van der Waals surface area contributed by atoms with Crippen LogP contribution in [-0.4, -0.2) is 42.0 Å². The Morgan fingerprint density at radius 2 is 2.05 bits per heavy atom. The number of benzene rings is 1. The van der Waals surface area contributed by atoms with Crippen LogP contribution in [0, 0.1) is 0 Å². The van der Waals surface area contributed by atoms with Crippen LogP contribution in [0.3, 0.4) is 0 Å². The number of nitrogens with zero attached hydrogens (tertiary/aromatic N) is 1. The molecule has 0 unspecified atom stereocenters. The summed E-state index contributed by atoms with van der Waals surface area (Å²) >= 11 is 0. The summed E-state index contributed by atoms with van der Waals surface area (Å²) in [6.07, 6.45) is 2.92. The molecule has 0 atom stereocenters. The first-order valence-electron chi connectivity index (χ1n) is 7.33. The first kappa shape index (κ1) is 14.6. The third-order valence-corrected chi connectivity index (χ3v) is 3.53. The molecule has 4 nitrogen and oxygen atoms in total. The van der Waals surface area contributed by atoms with Gasteiger partial charge in [-0.15, -0.1) is 0 Å². The smallest absolute Gasteiger partial charge is 0.253 e. The zero-order valence-corrected chi connectivity index (χ0v) is 12.3. The minimum atomic E-state index is -0.00463. The van der Waals surface area contributed by atoms with Crippen LogP contribution in [0.5, 0.6) is 0 Å². The molecule has 2 N–H and O–H groups in total. The molecule has 1 heterocycles. The summed E-state index contributed by atoms with van der Waals surface area (Å²) < 4.78 is 0. The molecule has 0 aliphatic heterocycles. The molecule has 0 bridgehead atoms. The third-order valence-electron chi connectivity index (χ3n) is 3.53. The molecule has 0 fully saturated rings. The van der Waals surface area contributed by atoms with Crippen molar-refractivity contribution in [3.8, 4) is 0 Å². The number of aromatic nitrogens is 1. The van der Waals surface area contributed by atoms with Gasteiger partial charge >= 0.3 is 0 Å². The summed E-state index contributed by atoms with van der Waals surface area (Å²) in [7, 11) is 0. The largest absolute Gasteiger partial charge is 0.360 e. The molecule has 0 aliphatic carbocycles. The summed E-state index contributed by atoms with van der Waals surface area (Å²) in [5, 5.41) is 3.98. The fourth-order valence-corrected chi connectivity index (χ4v) is 2.43. The zero-order valence-electron chi connectivity index (χ0n) is 12.3. The number of likely N-dealkylation sites (N-methyl/N-ethyl adjacent to an activating group) is 1. The Bertz CT molecular complexity index is 562. The number of H-pyrrole nitrogens is 1. The van der Waals surface area contributed by atoms with Crippen LogP contribution >= 0.6 is 0 Å². The molecule has 2 aromatic rings. The summed E-state index contributed by atoms with van der Waals surface area (Å²) in [5.41, 5.74) is 1.72. The molecule has 1 aromatic carbocycles. The van der Waals surface area contributed by atoms with E-state index in [9.17, 15) is 4.79 Å². The van der Waals surface area contributed by atoms with E-state index in [1.165, 1.54) is 0 Å². The van der Waals surface area contributed by atoms with Gasteiger partial charge in [-0.05, 0) is 25.6 Å². The van der Waals surface area contributed by atoms with E-state index in [-0.39, 0.29) is 5.91 Å². The minimum absolute atomic E-state index is 0.00463. The van der Waals surface area contributed by atoms with Gasteiger partial charge in [-0.1, -0.05) is 32.0 Å². The predicted molar refractivity (Wildman–Crippen MR) is 83.0 cm³/mol. The summed E-state index contributed by atoms with van der Waals surface area (Å²) in [6, 6.07) is 7.86. The second kappa shape index (κ2) is 7.10. The molecule has 2 rings (SSSR count). The van der Waals surface area contributed by atoms with Gasteiger partial charge in [-0.3, -0.25) is 4.79 Å². The normalized spacial score (nSPS) is 11.2. The standard InChI is InChI=1S/C16H23N3O/c1-3-10-19(4-2)11-9-17-16(20)14-12-18-15-8-6-5-7-13(14)15/h5-8,12,18H,3-4,9-11H2,1-2H3,(H,17,20). The zero-order chi connectivity index (χ0) is 14.4. The van der Waals surface area contributed by atoms with E-state index in [1.807, 2.05) is 24.3 Å². The Balaban J connectivity index is 1.92. The Morgan fingerprint density at radius 1 is 1.25 bits per heavy atom. The van der Waals surface area contributed by atoms with Crippen molar-refractivity contribution >= 4 is 16.8 Å². The second-order valence-electron chi connectivity index (χ2n) is 4.94. The number of nitrogens with one attached hydrogen (secondary N) is 2. The lowest BCUT2D eigenvalue weighted by Crippen LogP contribution is -2.35. The highest BCUT2D eigenvalue weighted by Crippen LogP contribution is 2.17. The van der Waals surface area contributed by atoms with Crippen molar-refractivity contribution in [2.24, 2.45) is 0 Å². The van der Waals surface area contributed by atoms with Gasteiger partial charge in [0.1, 0.15) is 0 Å². The van der Waals surface area contributed by atoms with Crippen LogP contribution in [0.4, 0.5) is 0 Å². The maximum Gasteiger partial charge on any atom is 0.253 e. The van der Waals surface area contributed by atoms with Crippen molar-refractivity contribution in [2.75, 3.05) is 26.2 Å². The summed E-state index contributed by atoms with van der Waals surface area (Å²) in [6.45, 7) is 8.02. The highest BCUT2D eigenvalue weighted by atomic mass is 16.1. The number of carbonyl (C=O) groups is 1. The van der Waals surface area contributed by atoms with Crippen LogP contribution in [-0.2, 0) is 0 Å². The summed E-state index contributed by atoms with van der Waals surface area (Å²) in [5.74, 6) is -0.00463. The number of carbonyl (C=O) groups excluding carboxylic acids is 1. The summed E-state index contributed by atoms with van der Waals surface area (Å²) in [4.78, 5) is 17.7. The highest BCUT2D eigenvalue weighted by molar-refractivity contribution is 6.06. The van der Waals surface area contributed by atoms with E-state index in [0.717, 1.165) is 42.5 Å². The molecule has 0 saturated heterocycles. The first-order chi connectivity index (χ1) is 9.76. The van der Waals surface area contributed by atoms with Crippen LogP contribution in [0.15, 0.2) is 30.5 Å². The van der Waals surface area contributed by atoms with Gasteiger partial charge in [-0.2, -0.15) is 0 Å². The molecule has 108 valence electrons. The van der Waals surface area contributed by atoms with E-state index in [4.69, 9.17) is 0 Å². The molecule has 20 heavy (non-hydrogen) atoms. The molecule has 4 heteroatoms. The predicted octanol–water partition coefficient (Wildman–Crippen LogP) is 2.63. The fraction of sp³-hybridized carbons (Fsp3) is 0.438. The number of hydrogen-bond acceptors (Lipinski definition) is 2. The molecule has 0 aliphatic rings. The second-order valence-corrected chi connectivity index (χ2v) is 4.94. The van der Waals surface area contributed by atoms with E-state index >= 15 is 0 Å². The van der Waals surface area contributed by atoms with Gasteiger partial charge in [0.15, 0.2) is 0 Å². The highest BCUT2D eigenvalue weighted by Gasteiger charge is 2.11. The first-order valence-corrected chi connectivity index (χ1v) is 7.33. The third kappa shape index (κ3) is 3.39. The van der Waals surface area contributed by atoms with Crippen LogP contribution in [0.1, 0.15) is 30.6 Å². The topological polar surface area (TPSA) is 48.1 Å². The Labute approximate surface area is 120 Å². The van der Waals surface area contributed by atoms with Gasteiger partial charge in [0.05, 0.1) is 5.56 Å². The Kier molecular flexibility index (Phi) is 5.18. The molecular formula is C16H23N3O. The van der Waals surface area contributed by atoms with Crippen LogP contribution in [0.25, 0.3) is 10.9 Å². The number of rotatable bonds is 7. The van der Waals surface area contributed by atoms with E-state index in [2.05, 4.69) is 29.0 Å². The Morgan fingerprint density at radius 3 is 2.80 bits per heavy atom. The van der Waals surface area contributed by atoms with E-state index in [1.54, 1.807) is 6.20 Å². The molecule has 1 aromatic heterocycles. The lowest BCUT2D eigenvalue weighted by Gasteiger charge is -2.19. The number of aromatic amines is 1. The Hall–Kier alpha value is -1.81. The van der Waals surface area contributed by atoms with Crippen molar-refractivity contribution in [3.63, 3.8) is 0 Å². The monoisotopic (exact) mass is 273 g/mol. The van der Waals surface area contributed by atoms with Crippen molar-refractivity contribution in [3.05, 3.63) is 36.0 Å². The van der Waals surface area contributed by atoms with Crippen LogP contribution < -0.4 is 5.32 Å². The fourth-order valence-electron chi connectivity index (χ4n) is 2.43. The average Bonchev–Trinajstić information content (AvgIpc) is 2.90. The molecule has 1 amide bonds. The number of amides is 1. The van der Waals surface area contributed by atoms with Gasteiger partial charge in [-0.25, -0.2) is 0 Å². The number of para-hydroxylation sites is 1. The minimum Gasteiger partial charge on any atom is -0.360 e. The van der Waals surface area contributed by atoms with Gasteiger partial charge < -0.3 is 15.2 Å². The van der Waals surface area contributed by atoms with Gasteiger partial charge in [0, 0.05) is 30.2 Å². The molecule has 0 radical (unpaired) electrons. The SMILES string of the molecule is CCCN(CC)CCNC(=O)c1c[nH]c2ccccc12. The number of hydrogen-bond donors (Lipinski definition) is 2. The maximum atomic E-state index is 12.2. The van der Waals surface area contributed by atoms with Gasteiger partial charge in [0.2, 0.25) is 0 Å².